The van der Waals surface area contributed by atoms with E-state index in [1.165, 1.54) is 38.6 Å². The predicted molar refractivity (Wildman–Crippen MR) is 118 cm³/mol. The first-order valence-electron chi connectivity index (χ1n) is 9.87. The van der Waals surface area contributed by atoms with E-state index in [1.54, 1.807) is 12.1 Å². The highest BCUT2D eigenvalue weighted by Crippen LogP contribution is 2.42. The molecule has 9 nitrogen and oxygen atoms in total. The average Bonchev–Trinajstić information content (AvgIpc) is 3.26. The Morgan fingerprint density at radius 3 is 2.47 bits per heavy atom. The van der Waals surface area contributed by atoms with Crippen molar-refractivity contribution in [3.8, 4) is 11.5 Å². The Kier molecular flexibility index (Phi) is 7.42. The van der Waals surface area contributed by atoms with Crippen molar-refractivity contribution in [2.45, 2.75) is 36.6 Å². The van der Waals surface area contributed by atoms with Crippen LogP contribution in [0.3, 0.4) is 0 Å². The zero-order valence-corrected chi connectivity index (χ0v) is 20.0. The van der Waals surface area contributed by atoms with E-state index in [4.69, 9.17) is 14.2 Å². The van der Waals surface area contributed by atoms with Crippen LogP contribution >= 0.6 is 11.3 Å². The van der Waals surface area contributed by atoms with Crippen LogP contribution < -0.4 is 14.8 Å². The summed E-state index contributed by atoms with van der Waals surface area (Å²) in [5.74, 6) is 0.280. The van der Waals surface area contributed by atoms with Crippen LogP contribution in [0.5, 0.6) is 11.5 Å². The van der Waals surface area contributed by atoms with E-state index in [1.807, 2.05) is 6.07 Å². The summed E-state index contributed by atoms with van der Waals surface area (Å²) in [7, 11) is 0.401. The molecule has 0 radical (unpaired) electrons. The number of nitrogens with one attached hydrogen (secondary N) is 1. The van der Waals surface area contributed by atoms with E-state index in [0.29, 0.717) is 28.4 Å². The molecule has 1 amide bonds. The molecule has 0 spiro atoms. The molecule has 0 fully saturated rings. The molecule has 1 aromatic heterocycles. The summed E-state index contributed by atoms with van der Waals surface area (Å²) in [5.41, 5.74) is 1.57. The van der Waals surface area contributed by atoms with Gasteiger partial charge in [-0.15, -0.1) is 11.3 Å². The number of fused-ring (bicyclic) bond motifs is 1. The SMILES string of the molecule is COC(=O)CC1c2cc(OC)c(OC)cc2CCN1S(=O)(=O)c1ccc(CNC(C)=O)s1. The topological polar surface area (TPSA) is 111 Å². The van der Waals surface area contributed by atoms with E-state index >= 15 is 0 Å². The number of carbonyl (C=O) groups excluding carboxylic acids is 2. The summed E-state index contributed by atoms with van der Waals surface area (Å²) in [6.45, 7) is 1.85. The molecule has 174 valence electrons. The van der Waals surface area contributed by atoms with Gasteiger partial charge >= 0.3 is 5.97 Å². The van der Waals surface area contributed by atoms with Gasteiger partial charge in [-0.2, -0.15) is 4.31 Å². The number of amides is 1. The monoisotopic (exact) mass is 482 g/mol. The Labute approximate surface area is 191 Å². The van der Waals surface area contributed by atoms with Gasteiger partial charge < -0.3 is 19.5 Å². The van der Waals surface area contributed by atoms with E-state index < -0.39 is 22.0 Å². The molecule has 1 atom stereocenters. The van der Waals surface area contributed by atoms with Crippen molar-refractivity contribution >= 4 is 33.2 Å². The number of rotatable bonds is 8. The third kappa shape index (κ3) is 4.89. The van der Waals surface area contributed by atoms with Gasteiger partial charge in [-0.3, -0.25) is 9.59 Å². The van der Waals surface area contributed by atoms with Gasteiger partial charge in [0.25, 0.3) is 10.0 Å². The van der Waals surface area contributed by atoms with Crippen molar-refractivity contribution in [3.05, 3.63) is 40.3 Å². The maximum atomic E-state index is 13.5. The molecule has 1 aliphatic rings. The number of esters is 1. The quantitative estimate of drug-likeness (QED) is 0.575. The molecule has 1 aliphatic heterocycles. The maximum absolute atomic E-state index is 13.5. The second kappa shape index (κ2) is 9.88. The van der Waals surface area contributed by atoms with E-state index in [-0.39, 0.29) is 29.6 Å². The number of carbonyl (C=O) groups is 2. The highest BCUT2D eigenvalue weighted by Gasteiger charge is 2.39. The van der Waals surface area contributed by atoms with Crippen LogP contribution in [-0.4, -0.2) is 52.5 Å². The summed E-state index contributed by atoms with van der Waals surface area (Å²) in [5, 5.41) is 2.66. The zero-order chi connectivity index (χ0) is 23.5. The molecule has 3 rings (SSSR count). The minimum atomic E-state index is -3.90. The number of hydrogen-bond acceptors (Lipinski definition) is 8. The van der Waals surface area contributed by atoms with Crippen molar-refractivity contribution < 1.29 is 32.2 Å². The van der Waals surface area contributed by atoms with Gasteiger partial charge in [0.2, 0.25) is 5.91 Å². The lowest BCUT2D eigenvalue weighted by Crippen LogP contribution is -2.40. The second-order valence-corrected chi connectivity index (χ2v) is 10.5. The molecule has 2 heterocycles. The van der Waals surface area contributed by atoms with Crippen molar-refractivity contribution in [1.82, 2.24) is 9.62 Å². The largest absolute Gasteiger partial charge is 0.493 e. The van der Waals surface area contributed by atoms with Crippen LogP contribution in [0, 0.1) is 0 Å². The molecule has 2 aromatic rings. The van der Waals surface area contributed by atoms with Crippen LogP contribution in [0.15, 0.2) is 28.5 Å². The molecular weight excluding hydrogens is 456 g/mol. The lowest BCUT2D eigenvalue weighted by atomic mass is 9.91. The summed E-state index contributed by atoms with van der Waals surface area (Å²) in [4.78, 5) is 24.1. The lowest BCUT2D eigenvalue weighted by molar-refractivity contribution is -0.141. The number of methoxy groups -OCH3 is 3. The van der Waals surface area contributed by atoms with Gasteiger partial charge in [-0.1, -0.05) is 0 Å². The average molecular weight is 483 g/mol. The standard InChI is InChI=1S/C21H26N2O7S2/c1-13(24)22-12-15-5-6-21(31-15)32(26,27)23-8-7-14-9-18(28-2)19(29-3)10-16(14)17(23)11-20(25)30-4/h5-6,9-10,17H,7-8,11-12H2,1-4H3,(H,22,24). The van der Waals surface area contributed by atoms with Crippen molar-refractivity contribution in [3.63, 3.8) is 0 Å². The van der Waals surface area contributed by atoms with Gasteiger partial charge in [0, 0.05) is 18.3 Å². The fourth-order valence-corrected chi connectivity index (χ4v) is 6.70. The number of nitrogens with zero attached hydrogens (tertiary/aromatic N) is 1. The molecule has 0 aliphatic carbocycles. The summed E-state index contributed by atoms with van der Waals surface area (Å²) >= 11 is 1.09. The van der Waals surface area contributed by atoms with Crippen LogP contribution in [0.2, 0.25) is 0 Å². The van der Waals surface area contributed by atoms with Crippen molar-refractivity contribution in [2.75, 3.05) is 27.9 Å². The van der Waals surface area contributed by atoms with Crippen molar-refractivity contribution in [1.29, 1.82) is 0 Å². The Hall–Kier alpha value is -2.63. The van der Waals surface area contributed by atoms with Gasteiger partial charge in [0.1, 0.15) is 4.21 Å². The Bertz CT molecular complexity index is 1110. The molecule has 1 N–H and O–H groups in total. The van der Waals surface area contributed by atoms with Crippen LogP contribution in [0.1, 0.15) is 35.4 Å². The van der Waals surface area contributed by atoms with Gasteiger partial charge in [-0.25, -0.2) is 8.42 Å². The maximum Gasteiger partial charge on any atom is 0.307 e. The molecule has 0 saturated heterocycles. The van der Waals surface area contributed by atoms with E-state index in [0.717, 1.165) is 16.9 Å². The number of benzene rings is 1. The van der Waals surface area contributed by atoms with E-state index in [2.05, 4.69) is 5.32 Å². The third-order valence-corrected chi connectivity index (χ3v) is 8.71. The van der Waals surface area contributed by atoms with Gasteiger partial charge in [-0.05, 0) is 41.8 Å². The fourth-order valence-electron chi connectivity index (χ4n) is 3.66. The lowest BCUT2D eigenvalue weighted by Gasteiger charge is -2.36. The normalized spacial score (nSPS) is 16.2. The number of sulfonamides is 1. The summed E-state index contributed by atoms with van der Waals surface area (Å²) in [6, 6.07) is 5.99. The molecule has 1 unspecified atom stereocenters. The number of thiophene rings is 1. The molecule has 1 aromatic carbocycles. The Morgan fingerprint density at radius 1 is 1.16 bits per heavy atom. The minimum absolute atomic E-state index is 0.137. The predicted octanol–water partition coefficient (Wildman–Crippen LogP) is 2.25. The zero-order valence-electron chi connectivity index (χ0n) is 18.3. The van der Waals surface area contributed by atoms with E-state index in [9.17, 15) is 18.0 Å². The minimum Gasteiger partial charge on any atom is -0.493 e. The third-order valence-electron chi connectivity index (χ3n) is 5.25. The summed E-state index contributed by atoms with van der Waals surface area (Å²) < 4.78 is 44.2. The second-order valence-electron chi connectivity index (χ2n) is 7.20. The Balaban J connectivity index is 2.01. The molecule has 0 bridgehead atoms. The molecular formula is C21H26N2O7S2. The number of hydrogen-bond donors (Lipinski definition) is 1. The first-order chi connectivity index (χ1) is 15.2. The first-order valence-corrected chi connectivity index (χ1v) is 12.1. The van der Waals surface area contributed by atoms with Crippen molar-refractivity contribution in [2.24, 2.45) is 0 Å². The summed E-state index contributed by atoms with van der Waals surface area (Å²) in [6.07, 6.45) is 0.319. The van der Waals surface area contributed by atoms with Crippen LogP contribution in [0.25, 0.3) is 0 Å². The molecule has 0 saturated carbocycles. The highest BCUT2D eigenvalue weighted by molar-refractivity contribution is 7.91. The smallest absolute Gasteiger partial charge is 0.307 e. The van der Waals surface area contributed by atoms with Crippen LogP contribution in [0.4, 0.5) is 0 Å². The highest BCUT2D eigenvalue weighted by atomic mass is 32.2. The number of ether oxygens (including phenoxy) is 3. The van der Waals surface area contributed by atoms with Gasteiger partial charge in [0.05, 0.1) is 40.3 Å². The molecule has 32 heavy (non-hydrogen) atoms. The van der Waals surface area contributed by atoms with Gasteiger partial charge in [0.15, 0.2) is 11.5 Å². The first kappa shape index (κ1) is 24.0. The molecule has 11 heteroatoms. The van der Waals surface area contributed by atoms with Crippen LogP contribution in [-0.2, 0) is 37.3 Å². The fraction of sp³-hybridized carbons (Fsp3) is 0.429. The Morgan fingerprint density at radius 2 is 1.84 bits per heavy atom.